The molecular formula is C9H20S2. The van der Waals surface area contributed by atoms with E-state index in [1.54, 1.807) is 10.8 Å². The normalized spacial score (nSPS) is 10.4. The van der Waals surface area contributed by atoms with Crippen LogP contribution in [0.15, 0.2) is 0 Å². The third-order valence-electron chi connectivity index (χ3n) is 1.84. The van der Waals surface area contributed by atoms with Crippen molar-refractivity contribution >= 4 is 22.5 Å². The van der Waals surface area contributed by atoms with Gasteiger partial charge in [0.25, 0.3) is 0 Å². The topological polar surface area (TPSA) is 0 Å². The summed E-state index contributed by atoms with van der Waals surface area (Å²) in [5.41, 5.74) is 0. The summed E-state index contributed by atoms with van der Waals surface area (Å²) < 4.78 is 0. The molecule has 0 spiro atoms. The van der Waals surface area contributed by atoms with Crippen molar-refractivity contribution in [3.63, 3.8) is 0 Å². The highest BCUT2D eigenvalue weighted by Gasteiger charge is 1.89. The SMILES string of the molecule is CCCCCCCCCSS. The lowest BCUT2D eigenvalue weighted by molar-refractivity contribution is 0.604. The Kier molecular flexibility index (Phi) is 11.4. The molecule has 0 aliphatic heterocycles. The molecule has 68 valence electrons. The Morgan fingerprint density at radius 1 is 0.909 bits per heavy atom. The second-order valence-electron chi connectivity index (χ2n) is 2.95. The van der Waals surface area contributed by atoms with Crippen molar-refractivity contribution in [3.05, 3.63) is 0 Å². The molecule has 0 saturated carbocycles. The molecular weight excluding hydrogens is 172 g/mol. The lowest BCUT2D eigenvalue weighted by Gasteiger charge is -1.98. The largest absolute Gasteiger partial charge is 0.111 e. The van der Waals surface area contributed by atoms with Crippen LogP contribution in [0.1, 0.15) is 51.9 Å². The van der Waals surface area contributed by atoms with Crippen molar-refractivity contribution in [1.29, 1.82) is 0 Å². The molecule has 0 amide bonds. The minimum atomic E-state index is 1.22. The minimum absolute atomic E-state index is 1.22. The van der Waals surface area contributed by atoms with E-state index in [2.05, 4.69) is 18.6 Å². The molecule has 0 fully saturated rings. The Labute approximate surface area is 80.3 Å². The Hall–Kier alpha value is 0.700. The van der Waals surface area contributed by atoms with Crippen molar-refractivity contribution in [2.75, 3.05) is 5.75 Å². The van der Waals surface area contributed by atoms with Gasteiger partial charge in [0.05, 0.1) is 0 Å². The van der Waals surface area contributed by atoms with Gasteiger partial charge in [-0.1, -0.05) is 56.2 Å². The maximum absolute atomic E-state index is 4.10. The van der Waals surface area contributed by atoms with E-state index < -0.39 is 0 Å². The van der Waals surface area contributed by atoms with Crippen LogP contribution in [0.2, 0.25) is 0 Å². The lowest BCUT2D eigenvalue weighted by atomic mass is 10.1. The number of hydrogen-bond donors (Lipinski definition) is 1. The molecule has 0 aliphatic carbocycles. The molecule has 0 aromatic heterocycles. The number of rotatable bonds is 8. The molecule has 2 heteroatoms. The molecule has 0 heterocycles. The lowest BCUT2D eigenvalue weighted by Crippen LogP contribution is -1.80. The van der Waals surface area contributed by atoms with Crippen LogP contribution in [0.25, 0.3) is 0 Å². The van der Waals surface area contributed by atoms with Crippen molar-refractivity contribution < 1.29 is 0 Å². The van der Waals surface area contributed by atoms with E-state index >= 15 is 0 Å². The van der Waals surface area contributed by atoms with Crippen LogP contribution in [-0.2, 0) is 0 Å². The Morgan fingerprint density at radius 2 is 1.45 bits per heavy atom. The van der Waals surface area contributed by atoms with Gasteiger partial charge in [0.15, 0.2) is 0 Å². The van der Waals surface area contributed by atoms with Gasteiger partial charge in [-0.2, -0.15) is 0 Å². The minimum Gasteiger partial charge on any atom is -0.111 e. The maximum atomic E-state index is 4.10. The van der Waals surface area contributed by atoms with E-state index in [-0.39, 0.29) is 0 Å². The van der Waals surface area contributed by atoms with Gasteiger partial charge in [-0.15, -0.1) is 11.7 Å². The first-order valence-corrected chi connectivity index (χ1v) is 6.72. The Balaban J connectivity index is 2.69. The highest BCUT2D eigenvalue weighted by Crippen LogP contribution is 2.11. The highest BCUT2D eigenvalue weighted by molar-refractivity contribution is 8.68. The van der Waals surface area contributed by atoms with E-state index in [0.29, 0.717) is 0 Å². The standard InChI is InChI=1S/C9H20S2/c1-2-3-4-5-6-7-8-9-11-10/h10H,2-9H2,1H3. The molecule has 0 rings (SSSR count). The summed E-state index contributed by atoms with van der Waals surface area (Å²) in [5.74, 6) is 1.22. The number of unbranched alkanes of at least 4 members (excludes halogenated alkanes) is 6. The second-order valence-corrected chi connectivity index (χ2v) is 4.40. The first-order valence-electron chi connectivity index (χ1n) is 4.68. The number of hydrogen-bond acceptors (Lipinski definition) is 2. The smallest absolute Gasteiger partial charge is 0.00345 e. The van der Waals surface area contributed by atoms with Gasteiger partial charge in [0.1, 0.15) is 0 Å². The van der Waals surface area contributed by atoms with Gasteiger partial charge in [-0.05, 0) is 6.42 Å². The van der Waals surface area contributed by atoms with Gasteiger partial charge >= 0.3 is 0 Å². The maximum Gasteiger partial charge on any atom is 0.00345 e. The van der Waals surface area contributed by atoms with Crippen molar-refractivity contribution in [1.82, 2.24) is 0 Å². The summed E-state index contributed by atoms with van der Waals surface area (Å²) in [5, 5.41) is 0. The fraction of sp³-hybridized carbons (Fsp3) is 1.00. The highest BCUT2D eigenvalue weighted by atomic mass is 33.1. The molecule has 0 bridgehead atoms. The van der Waals surface area contributed by atoms with E-state index in [1.165, 1.54) is 50.7 Å². The van der Waals surface area contributed by atoms with Gasteiger partial charge in [-0.25, -0.2) is 0 Å². The molecule has 0 aromatic rings. The van der Waals surface area contributed by atoms with Crippen molar-refractivity contribution in [2.24, 2.45) is 0 Å². The Bertz CT molecular complexity index is 56.6. The molecule has 0 N–H and O–H groups in total. The van der Waals surface area contributed by atoms with Crippen LogP contribution < -0.4 is 0 Å². The van der Waals surface area contributed by atoms with Crippen LogP contribution in [-0.4, -0.2) is 5.75 Å². The first-order chi connectivity index (χ1) is 5.41. The summed E-state index contributed by atoms with van der Waals surface area (Å²) in [6.45, 7) is 2.26. The van der Waals surface area contributed by atoms with Crippen molar-refractivity contribution in [2.45, 2.75) is 51.9 Å². The van der Waals surface area contributed by atoms with Crippen LogP contribution in [0, 0.1) is 0 Å². The summed E-state index contributed by atoms with van der Waals surface area (Å²) in [6.07, 6.45) is 9.81. The summed E-state index contributed by atoms with van der Waals surface area (Å²) in [7, 11) is 1.66. The van der Waals surface area contributed by atoms with Crippen LogP contribution in [0.5, 0.6) is 0 Å². The summed E-state index contributed by atoms with van der Waals surface area (Å²) >= 11 is 4.10. The molecule has 0 atom stereocenters. The van der Waals surface area contributed by atoms with E-state index in [4.69, 9.17) is 0 Å². The second kappa shape index (κ2) is 10.7. The van der Waals surface area contributed by atoms with Gasteiger partial charge in [0.2, 0.25) is 0 Å². The van der Waals surface area contributed by atoms with E-state index in [9.17, 15) is 0 Å². The predicted octanol–water partition coefficient (Wildman–Crippen LogP) is 4.32. The molecule has 0 unspecified atom stereocenters. The van der Waals surface area contributed by atoms with E-state index in [0.717, 1.165) is 0 Å². The van der Waals surface area contributed by atoms with Gasteiger partial charge in [0, 0.05) is 5.75 Å². The predicted molar refractivity (Wildman–Crippen MR) is 59.4 cm³/mol. The Morgan fingerprint density at radius 3 is 2.00 bits per heavy atom. The zero-order valence-corrected chi connectivity index (χ0v) is 9.22. The summed E-state index contributed by atoms with van der Waals surface area (Å²) in [4.78, 5) is 0. The zero-order chi connectivity index (χ0) is 8.36. The van der Waals surface area contributed by atoms with Crippen LogP contribution in [0.3, 0.4) is 0 Å². The molecule has 0 aliphatic rings. The monoisotopic (exact) mass is 192 g/mol. The number of thiol groups is 1. The van der Waals surface area contributed by atoms with Gasteiger partial charge < -0.3 is 0 Å². The quantitative estimate of drug-likeness (QED) is 0.339. The molecule has 0 aromatic carbocycles. The van der Waals surface area contributed by atoms with Crippen molar-refractivity contribution in [3.8, 4) is 0 Å². The van der Waals surface area contributed by atoms with Gasteiger partial charge in [-0.3, -0.25) is 0 Å². The average Bonchev–Trinajstić information content (AvgIpc) is 2.03. The molecule has 0 nitrogen and oxygen atoms in total. The molecule has 0 radical (unpaired) electrons. The molecule has 0 saturated heterocycles. The molecule has 11 heavy (non-hydrogen) atoms. The summed E-state index contributed by atoms with van der Waals surface area (Å²) in [6, 6.07) is 0. The zero-order valence-electron chi connectivity index (χ0n) is 7.51. The fourth-order valence-electron chi connectivity index (χ4n) is 1.12. The first kappa shape index (κ1) is 11.7. The fourth-order valence-corrected chi connectivity index (χ4v) is 1.84. The van der Waals surface area contributed by atoms with Crippen LogP contribution >= 0.6 is 22.5 Å². The van der Waals surface area contributed by atoms with E-state index in [1.807, 2.05) is 0 Å². The average molecular weight is 192 g/mol. The van der Waals surface area contributed by atoms with Crippen LogP contribution in [0.4, 0.5) is 0 Å². The third-order valence-corrected chi connectivity index (χ3v) is 2.86. The third kappa shape index (κ3) is 10.7.